The summed E-state index contributed by atoms with van der Waals surface area (Å²) in [5.41, 5.74) is 5.19. The quantitative estimate of drug-likeness (QED) is 0.510. The van der Waals surface area contributed by atoms with E-state index in [1.807, 2.05) is 24.0 Å². The third kappa shape index (κ3) is 6.73. The number of pyridine rings is 1. The van der Waals surface area contributed by atoms with Crippen LogP contribution in [-0.4, -0.2) is 97.3 Å². The molecule has 2 unspecified atom stereocenters. The average Bonchev–Trinajstić information content (AvgIpc) is 3.36. The van der Waals surface area contributed by atoms with Crippen LogP contribution < -0.4 is 15.8 Å². The number of carbonyl (C=O) groups is 2. The maximum Gasteiger partial charge on any atom is 0.402 e. The van der Waals surface area contributed by atoms with Gasteiger partial charge in [-0.15, -0.1) is 0 Å². The molecular weight excluding hydrogens is 503 g/mol. The second-order valence-corrected chi connectivity index (χ2v) is 10.2. The van der Waals surface area contributed by atoms with Gasteiger partial charge in [0.1, 0.15) is 11.9 Å². The highest BCUT2D eigenvalue weighted by molar-refractivity contribution is 5.80. The van der Waals surface area contributed by atoms with Crippen molar-refractivity contribution in [2.75, 3.05) is 57.4 Å². The molecule has 3 fully saturated rings. The van der Waals surface area contributed by atoms with Crippen LogP contribution in [0.25, 0.3) is 0 Å². The van der Waals surface area contributed by atoms with Crippen molar-refractivity contribution in [1.82, 2.24) is 25.6 Å². The number of nitriles is 1. The van der Waals surface area contributed by atoms with Gasteiger partial charge in [-0.3, -0.25) is 19.9 Å². The van der Waals surface area contributed by atoms with Gasteiger partial charge >= 0.3 is 6.18 Å². The summed E-state index contributed by atoms with van der Waals surface area (Å²) in [7, 11) is 0. The standard InChI is InChI=1S/C25H34F3N7O3/c1-17(11-22(36)34-9-7-33(8-10-34)21-5-4-18(12-29)13-30-21)15-38-16-19-3-2-6-35(19)20-14-31-32-24(37)23(20)25(26,27)28/h4-5,13,17,19-20,23,31H,2-3,6-11,14-16H2,1H3,(H,32,37)/t17-,19-,20?,23?/m0/s1. The summed E-state index contributed by atoms with van der Waals surface area (Å²) in [5.74, 6) is -2.34. The van der Waals surface area contributed by atoms with Gasteiger partial charge in [-0.25, -0.2) is 10.4 Å². The van der Waals surface area contributed by atoms with Crippen LogP contribution in [0, 0.1) is 23.2 Å². The zero-order valence-corrected chi connectivity index (χ0v) is 21.4. The Kier molecular flexibility index (Phi) is 9.07. The molecule has 13 heteroatoms. The number of hydrazine groups is 1. The summed E-state index contributed by atoms with van der Waals surface area (Å²) in [6, 6.07) is 4.40. The number of hydrogen-bond acceptors (Lipinski definition) is 8. The van der Waals surface area contributed by atoms with Crippen LogP contribution in [0.2, 0.25) is 0 Å². The summed E-state index contributed by atoms with van der Waals surface area (Å²) in [6.45, 7) is 5.48. The van der Waals surface area contributed by atoms with E-state index in [2.05, 4.69) is 20.7 Å². The number of nitrogens with one attached hydrogen (secondary N) is 2. The van der Waals surface area contributed by atoms with Crippen molar-refractivity contribution >= 4 is 17.6 Å². The fraction of sp³-hybridized carbons (Fsp3) is 0.680. The molecule has 3 saturated heterocycles. The third-order valence-electron chi connectivity index (χ3n) is 7.46. The fourth-order valence-electron chi connectivity index (χ4n) is 5.48. The van der Waals surface area contributed by atoms with Crippen molar-refractivity contribution in [2.24, 2.45) is 11.8 Å². The zero-order valence-electron chi connectivity index (χ0n) is 21.4. The lowest BCUT2D eigenvalue weighted by atomic mass is 9.94. The Morgan fingerprint density at radius 2 is 2.03 bits per heavy atom. The molecule has 38 heavy (non-hydrogen) atoms. The minimum absolute atomic E-state index is 0.0197. The highest BCUT2D eigenvalue weighted by Crippen LogP contribution is 2.35. The Balaban J connectivity index is 1.20. The van der Waals surface area contributed by atoms with Gasteiger partial charge in [0.15, 0.2) is 5.92 Å². The van der Waals surface area contributed by atoms with Crippen molar-refractivity contribution in [3.05, 3.63) is 23.9 Å². The van der Waals surface area contributed by atoms with Crippen LogP contribution in [0.3, 0.4) is 0 Å². The lowest BCUT2D eigenvalue weighted by Crippen LogP contribution is -2.65. The molecular formula is C25H34F3N7O3. The number of alkyl halides is 3. The summed E-state index contributed by atoms with van der Waals surface area (Å²) in [4.78, 5) is 34.8. The van der Waals surface area contributed by atoms with Crippen LogP contribution >= 0.6 is 0 Å². The van der Waals surface area contributed by atoms with Crippen LogP contribution in [0.5, 0.6) is 0 Å². The molecule has 4 heterocycles. The number of hydrogen-bond donors (Lipinski definition) is 2. The number of likely N-dealkylation sites (tertiary alicyclic amines) is 1. The van der Waals surface area contributed by atoms with Gasteiger partial charge in [0.05, 0.1) is 12.2 Å². The number of piperazine rings is 1. The van der Waals surface area contributed by atoms with Gasteiger partial charge in [0.25, 0.3) is 0 Å². The van der Waals surface area contributed by atoms with Crippen LogP contribution in [0.15, 0.2) is 18.3 Å². The number of amides is 2. The molecule has 0 spiro atoms. The van der Waals surface area contributed by atoms with E-state index in [0.29, 0.717) is 57.7 Å². The maximum absolute atomic E-state index is 13.6. The van der Waals surface area contributed by atoms with Gasteiger partial charge in [0, 0.05) is 64.0 Å². The van der Waals surface area contributed by atoms with Gasteiger partial charge in [-0.2, -0.15) is 18.4 Å². The first kappa shape index (κ1) is 28.1. The summed E-state index contributed by atoms with van der Waals surface area (Å²) < 4.78 is 46.7. The van der Waals surface area contributed by atoms with E-state index in [4.69, 9.17) is 10.00 Å². The first-order chi connectivity index (χ1) is 18.2. The Morgan fingerprint density at radius 1 is 1.26 bits per heavy atom. The Hall–Kier alpha value is -2.95. The lowest BCUT2D eigenvalue weighted by Gasteiger charge is -2.40. The molecule has 4 rings (SSSR count). The molecule has 2 amide bonds. The van der Waals surface area contributed by atoms with E-state index in [9.17, 15) is 22.8 Å². The minimum Gasteiger partial charge on any atom is -0.380 e. The maximum atomic E-state index is 13.6. The highest BCUT2D eigenvalue weighted by Gasteiger charge is 2.54. The van der Waals surface area contributed by atoms with E-state index in [1.165, 1.54) is 6.20 Å². The Morgan fingerprint density at radius 3 is 2.68 bits per heavy atom. The lowest BCUT2D eigenvalue weighted by molar-refractivity contribution is -0.201. The van der Waals surface area contributed by atoms with Gasteiger partial charge in [-0.05, 0) is 37.4 Å². The topological polar surface area (TPSA) is 114 Å². The summed E-state index contributed by atoms with van der Waals surface area (Å²) >= 11 is 0. The van der Waals surface area contributed by atoms with Gasteiger partial charge < -0.3 is 14.5 Å². The first-order valence-corrected chi connectivity index (χ1v) is 13.0. The summed E-state index contributed by atoms with van der Waals surface area (Å²) in [5, 5.41) is 8.91. The zero-order chi connectivity index (χ0) is 27.3. The fourth-order valence-corrected chi connectivity index (χ4v) is 5.48. The monoisotopic (exact) mass is 537 g/mol. The molecule has 0 saturated carbocycles. The average molecular weight is 538 g/mol. The van der Waals surface area contributed by atoms with Crippen LogP contribution in [-0.2, 0) is 14.3 Å². The van der Waals surface area contributed by atoms with E-state index in [0.717, 1.165) is 12.2 Å². The molecule has 208 valence electrons. The van der Waals surface area contributed by atoms with Crippen molar-refractivity contribution in [1.29, 1.82) is 5.26 Å². The molecule has 3 aliphatic heterocycles. The molecule has 10 nitrogen and oxygen atoms in total. The number of ether oxygens (including phenoxy) is 1. The highest BCUT2D eigenvalue weighted by atomic mass is 19.4. The van der Waals surface area contributed by atoms with Crippen LogP contribution in [0.4, 0.5) is 19.0 Å². The van der Waals surface area contributed by atoms with E-state index in [1.54, 1.807) is 11.0 Å². The number of aromatic nitrogens is 1. The number of anilines is 1. The van der Waals surface area contributed by atoms with Gasteiger partial charge in [0.2, 0.25) is 11.8 Å². The smallest absolute Gasteiger partial charge is 0.380 e. The molecule has 1 aromatic rings. The summed E-state index contributed by atoms with van der Waals surface area (Å²) in [6.07, 6.45) is -1.31. The van der Waals surface area contributed by atoms with Crippen molar-refractivity contribution in [2.45, 2.75) is 44.4 Å². The molecule has 2 N–H and O–H groups in total. The van der Waals surface area contributed by atoms with E-state index < -0.39 is 24.0 Å². The Bertz CT molecular complexity index is 1010. The second-order valence-electron chi connectivity index (χ2n) is 10.2. The number of halogens is 3. The molecule has 1 aromatic heterocycles. The Labute approximate surface area is 220 Å². The number of carbonyl (C=O) groups excluding carboxylic acids is 2. The van der Waals surface area contributed by atoms with Crippen molar-refractivity contribution < 1.29 is 27.5 Å². The third-order valence-corrected chi connectivity index (χ3v) is 7.46. The molecule has 0 bridgehead atoms. The first-order valence-electron chi connectivity index (χ1n) is 13.0. The number of nitrogens with zero attached hydrogens (tertiary/aromatic N) is 5. The number of rotatable bonds is 8. The van der Waals surface area contributed by atoms with Gasteiger partial charge in [-0.1, -0.05) is 6.92 Å². The molecule has 0 aliphatic carbocycles. The molecule has 0 radical (unpaired) electrons. The predicted octanol–water partition coefficient (Wildman–Crippen LogP) is 1.29. The molecule has 3 aliphatic rings. The normalized spacial score (nSPS) is 25.7. The second kappa shape index (κ2) is 12.3. The SMILES string of the molecule is C[C@H](COC[C@@H]1CCCN1C1CNNC(=O)C1C(F)(F)F)CC(=O)N1CCN(c2ccc(C#N)cn2)CC1. The van der Waals surface area contributed by atoms with Crippen LogP contribution in [0.1, 0.15) is 31.7 Å². The van der Waals surface area contributed by atoms with E-state index >= 15 is 0 Å². The predicted molar refractivity (Wildman–Crippen MR) is 132 cm³/mol. The van der Waals surface area contributed by atoms with Crippen molar-refractivity contribution in [3.63, 3.8) is 0 Å². The largest absolute Gasteiger partial charge is 0.402 e. The molecule has 4 atom stereocenters. The van der Waals surface area contributed by atoms with Crippen molar-refractivity contribution in [3.8, 4) is 6.07 Å². The molecule has 0 aromatic carbocycles. The van der Waals surface area contributed by atoms with E-state index in [-0.39, 0.29) is 31.0 Å². The minimum atomic E-state index is -4.62.